The Labute approximate surface area is 151 Å². The van der Waals surface area contributed by atoms with Crippen molar-refractivity contribution in [2.24, 2.45) is 11.7 Å². The Bertz CT molecular complexity index is 570. The number of nitrogens with one attached hydrogen (secondary N) is 1. The first-order valence-electron chi connectivity index (χ1n) is 9.41. The number of nitrogens with zero attached hydrogens (tertiary/aromatic N) is 1. The second-order valence-electron chi connectivity index (χ2n) is 6.83. The van der Waals surface area contributed by atoms with Gasteiger partial charge >= 0.3 is 0 Å². The number of likely N-dealkylation sites (tertiary alicyclic amines) is 1. The number of amides is 2. The molecule has 2 rings (SSSR count). The lowest BCUT2D eigenvalue weighted by Gasteiger charge is -2.40. The lowest BCUT2D eigenvalue weighted by Crippen LogP contribution is -2.52. The van der Waals surface area contributed by atoms with Gasteiger partial charge in [0.25, 0.3) is 0 Å². The molecule has 0 aliphatic carbocycles. The van der Waals surface area contributed by atoms with Crippen LogP contribution in [-0.2, 0) is 15.0 Å². The van der Waals surface area contributed by atoms with E-state index < -0.39 is 5.41 Å². The summed E-state index contributed by atoms with van der Waals surface area (Å²) < 4.78 is 0. The van der Waals surface area contributed by atoms with Gasteiger partial charge in [-0.2, -0.15) is 0 Å². The first-order chi connectivity index (χ1) is 12.1. The van der Waals surface area contributed by atoms with Gasteiger partial charge in [0.15, 0.2) is 0 Å². The average Bonchev–Trinajstić information content (AvgIpc) is 2.68. The van der Waals surface area contributed by atoms with Crippen molar-refractivity contribution in [3.05, 3.63) is 35.9 Å². The van der Waals surface area contributed by atoms with Gasteiger partial charge in [-0.25, -0.2) is 0 Å². The van der Waals surface area contributed by atoms with E-state index in [1.54, 1.807) is 0 Å². The molecular formula is C20H31N3O2. The van der Waals surface area contributed by atoms with Gasteiger partial charge in [-0.05, 0) is 31.2 Å². The lowest BCUT2D eigenvalue weighted by atomic mass is 9.74. The van der Waals surface area contributed by atoms with E-state index in [1.165, 1.54) is 0 Å². The minimum absolute atomic E-state index is 0.0151. The Balaban J connectivity index is 2.17. The second kappa shape index (κ2) is 8.99. The van der Waals surface area contributed by atoms with E-state index in [1.807, 2.05) is 35.2 Å². The fourth-order valence-corrected chi connectivity index (χ4v) is 3.86. The van der Waals surface area contributed by atoms with Crippen LogP contribution in [0.2, 0.25) is 0 Å². The SMILES string of the molecule is CCC(CC)(C(=O)N1CCCC(C(=O)NCCN)C1)c1ccccc1. The molecule has 1 aliphatic rings. The summed E-state index contributed by atoms with van der Waals surface area (Å²) in [5.41, 5.74) is 6.03. The Morgan fingerprint density at radius 2 is 1.92 bits per heavy atom. The first kappa shape index (κ1) is 19.4. The maximum atomic E-state index is 13.4. The molecule has 0 spiro atoms. The van der Waals surface area contributed by atoms with Crippen LogP contribution in [0.1, 0.15) is 45.1 Å². The molecule has 0 bridgehead atoms. The van der Waals surface area contributed by atoms with Crippen LogP contribution in [-0.4, -0.2) is 42.9 Å². The minimum Gasteiger partial charge on any atom is -0.355 e. The van der Waals surface area contributed by atoms with Crippen molar-refractivity contribution >= 4 is 11.8 Å². The first-order valence-corrected chi connectivity index (χ1v) is 9.41. The van der Waals surface area contributed by atoms with E-state index in [4.69, 9.17) is 5.73 Å². The number of piperidine rings is 1. The summed E-state index contributed by atoms with van der Waals surface area (Å²) in [6, 6.07) is 10.0. The molecule has 0 saturated carbocycles. The average molecular weight is 345 g/mol. The zero-order chi connectivity index (χ0) is 18.3. The molecule has 1 fully saturated rings. The van der Waals surface area contributed by atoms with Crippen LogP contribution in [0.25, 0.3) is 0 Å². The van der Waals surface area contributed by atoms with E-state index in [0.29, 0.717) is 19.6 Å². The normalized spacial score (nSPS) is 18.0. The van der Waals surface area contributed by atoms with E-state index in [0.717, 1.165) is 37.8 Å². The molecule has 0 radical (unpaired) electrons. The molecule has 2 amide bonds. The smallest absolute Gasteiger partial charge is 0.233 e. The summed E-state index contributed by atoms with van der Waals surface area (Å²) in [6.45, 7) is 6.30. The van der Waals surface area contributed by atoms with Crippen LogP contribution in [0.3, 0.4) is 0 Å². The number of hydrogen-bond acceptors (Lipinski definition) is 3. The number of rotatable bonds is 7. The highest BCUT2D eigenvalue weighted by atomic mass is 16.2. The maximum Gasteiger partial charge on any atom is 0.233 e. The van der Waals surface area contributed by atoms with Gasteiger partial charge in [0.1, 0.15) is 0 Å². The van der Waals surface area contributed by atoms with Crippen LogP contribution < -0.4 is 11.1 Å². The number of benzene rings is 1. The van der Waals surface area contributed by atoms with Crippen molar-refractivity contribution in [3.8, 4) is 0 Å². The molecule has 1 aromatic rings. The van der Waals surface area contributed by atoms with Gasteiger partial charge in [0.2, 0.25) is 11.8 Å². The van der Waals surface area contributed by atoms with Gasteiger partial charge in [0, 0.05) is 26.2 Å². The molecule has 138 valence electrons. The monoisotopic (exact) mass is 345 g/mol. The van der Waals surface area contributed by atoms with Crippen molar-refractivity contribution < 1.29 is 9.59 Å². The molecule has 5 heteroatoms. The summed E-state index contributed by atoms with van der Waals surface area (Å²) >= 11 is 0. The van der Waals surface area contributed by atoms with E-state index >= 15 is 0 Å². The minimum atomic E-state index is -0.503. The molecule has 1 atom stereocenters. The van der Waals surface area contributed by atoms with E-state index in [2.05, 4.69) is 19.2 Å². The van der Waals surface area contributed by atoms with Crippen molar-refractivity contribution in [2.45, 2.75) is 44.9 Å². The summed E-state index contributed by atoms with van der Waals surface area (Å²) in [5, 5.41) is 2.86. The molecule has 1 aromatic carbocycles. The van der Waals surface area contributed by atoms with Crippen molar-refractivity contribution in [3.63, 3.8) is 0 Å². The van der Waals surface area contributed by atoms with Crippen LogP contribution in [0, 0.1) is 5.92 Å². The fourth-order valence-electron chi connectivity index (χ4n) is 3.86. The number of carbonyl (C=O) groups excluding carboxylic acids is 2. The number of nitrogens with two attached hydrogens (primary N) is 1. The Hall–Kier alpha value is -1.88. The maximum absolute atomic E-state index is 13.4. The quantitative estimate of drug-likeness (QED) is 0.794. The zero-order valence-corrected chi connectivity index (χ0v) is 15.5. The Kier molecular flexibility index (Phi) is 7.00. The predicted molar refractivity (Wildman–Crippen MR) is 100 cm³/mol. The summed E-state index contributed by atoms with van der Waals surface area (Å²) in [7, 11) is 0. The van der Waals surface area contributed by atoms with Crippen molar-refractivity contribution in [1.82, 2.24) is 10.2 Å². The molecule has 5 nitrogen and oxygen atoms in total. The Morgan fingerprint density at radius 1 is 1.24 bits per heavy atom. The molecule has 25 heavy (non-hydrogen) atoms. The van der Waals surface area contributed by atoms with E-state index in [-0.39, 0.29) is 17.7 Å². The molecule has 1 heterocycles. The van der Waals surface area contributed by atoms with Crippen LogP contribution in [0.15, 0.2) is 30.3 Å². The topological polar surface area (TPSA) is 75.4 Å². The number of hydrogen-bond donors (Lipinski definition) is 2. The van der Waals surface area contributed by atoms with Gasteiger partial charge in [-0.1, -0.05) is 44.2 Å². The second-order valence-corrected chi connectivity index (χ2v) is 6.83. The third kappa shape index (κ3) is 4.21. The van der Waals surface area contributed by atoms with Crippen LogP contribution in [0.5, 0.6) is 0 Å². The highest BCUT2D eigenvalue weighted by Crippen LogP contribution is 2.35. The largest absolute Gasteiger partial charge is 0.355 e. The third-order valence-electron chi connectivity index (χ3n) is 5.47. The van der Waals surface area contributed by atoms with Crippen molar-refractivity contribution in [1.29, 1.82) is 0 Å². The zero-order valence-electron chi connectivity index (χ0n) is 15.5. The fraction of sp³-hybridized carbons (Fsp3) is 0.600. The molecule has 3 N–H and O–H groups in total. The summed E-state index contributed by atoms with van der Waals surface area (Å²) in [5.74, 6) is 0.0349. The van der Waals surface area contributed by atoms with E-state index in [9.17, 15) is 9.59 Å². The standard InChI is InChI=1S/C20H31N3O2/c1-3-20(4-2,17-10-6-5-7-11-17)19(25)23-14-8-9-16(15-23)18(24)22-13-12-21/h5-7,10-11,16H,3-4,8-9,12-15,21H2,1-2H3,(H,22,24). The number of carbonyl (C=O) groups is 2. The van der Waals surface area contributed by atoms with Gasteiger partial charge in [-0.15, -0.1) is 0 Å². The summed E-state index contributed by atoms with van der Waals surface area (Å²) in [6.07, 6.45) is 3.21. The summed E-state index contributed by atoms with van der Waals surface area (Å²) in [4.78, 5) is 27.6. The molecule has 1 saturated heterocycles. The molecular weight excluding hydrogens is 314 g/mol. The molecule has 0 aromatic heterocycles. The Morgan fingerprint density at radius 3 is 2.52 bits per heavy atom. The van der Waals surface area contributed by atoms with Gasteiger partial charge in [0.05, 0.1) is 11.3 Å². The highest BCUT2D eigenvalue weighted by molar-refractivity contribution is 5.89. The van der Waals surface area contributed by atoms with Gasteiger partial charge < -0.3 is 16.0 Å². The molecule has 1 unspecified atom stereocenters. The third-order valence-corrected chi connectivity index (χ3v) is 5.47. The van der Waals surface area contributed by atoms with Gasteiger partial charge in [-0.3, -0.25) is 9.59 Å². The molecule has 1 aliphatic heterocycles. The van der Waals surface area contributed by atoms with Crippen LogP contribution in [0.4, 0.5) is 0 Å². The van der Waals surface area contributed by atoms with Crippen molar-refractivity contribution in [2.75, 3.05) is 26.2 Å². The lowest BCUT2D eigenvalue weighted by molar-refractivity contribution is -0.141. The predicted octanol–water partition coefficient (Wildman–Crippen LogP) is 2.06. The van der Waals surface area contributed by atoms with Crippen LogP contribution >= 0.6 is 0 Å². The highest BCUT2D eigenvalue weighted by Gasteiger charge is 2.41.